The summed E-state index contributed by atoms with van der Waals surface area (Å²) in [6, 6.07) is 0. The summed E-state index contributed by atoms with van der Waals surface area (Å²) in [4.78, 5) is 0. The molecule has 0 saturated heterocycles. The molecule has 0 spiro atoms. The first-order valence-electron chi connectivity index (χ1n) is 3.40. The Hall–Kier alpha value is -0.480. The molecule has 0 aromatic rings. The van der Waals surface area contributed by atoms with Crippen LogP contribution >= 0.6 is 0 Å². The van der Waals surface area contributed by atoms with E-state index in [1.165, 1.54) is 0 Å². The first-order valence-corrected chi connectivity index (χ1v) is 3.40. The molecule has 0 fully saturated rings. The molecular formula is C8H14O. The molecule has 0 rings (SSSR count). The number of hydrogen-bond donors (Lipinski definition) is 1. The van der Waals surface area contributed by atoms with Gasteiger partial charge in [-0.2, -0.15) is 0 Å². The average Bonchev–Trinajstić information content (AvgIpc) is 1.90. The molecule has 0 aliphatic rings. The van der Waals surface area contributed by atoms with Gasteiger partial charge in [0.15, 0.2) is 0 Å². The maximum absolute atomic E-state index is 9.08. The Morgan fingerprint density at radius 3 is 2.00 bits per heavy atom. The summed E-state index contributed by atoms with van der Waals surface area (Å²) >= 11 is 0. The summed E-state index contributed by atoms with van der Waals surface area (Å²) < 4.78 is 0. The Bertz CT molecular complexity index is 97.6. The van der Waals surface area contributed by atoms with E-state index in [1.54, 1.807) is 0 Å². The lowest BCUT2D eigenvalue weighted by Gasteiger charge is -2.13. The standard InChI is InChI=1S/C8H14O/c1-4-7(5-2)8(9)6-3/h3,7-9H,4-5H2,1-2H3. The van der Waals surface area contributed by atoms with Crippen LogP contribution in [0.3, 0.4) is 0 Å². The minimum atomic E-state index is -0.542. The Kier molecular flexibility index (Phi) is 4.17. The Labute approximate surface area is 57.1 Å². The van der Waals surface area contributed by atoms with Crippen LogP contribution in [0.2, 0.25) is 0 Å². The number of terminal acetylenes is 1. The summed E-state index contributed by atoms with van der Waals surface area (Å²) in [5.41, 5.74) is 0. The van der Waals surface area contributed by atoms with Crippen LogP contribution < -0.4 is 0 Å². The van der Waals surface area contributed by atoms with Gasteiger partial charge in [0, 0.05) is 0 Å². The summed E-state index contributed by atoms with van der Waals surface area (Å²) in [6.07, 6.45) is 6.40. The highest BCUT2D eigenvalue weighted by Crippen LogP contribution is 2.11. The van der Waals surface area contributed by atoms with Crippen molar-refractivity contribution in [3.63, 3.8) is 0 Å². The second-order valence-electron chi connectivity index (χ2n) is 2.19. The molecule has 0 bridgehead atoms. The van der Waals surface area contributed by atoms with Gasteiger partial charge in [-0.1, -0.05) is 19.8 Å². The van der Waals surface area contributed by atoms with Gasteiger partial charge in [0.05, 0.1) is 0 Å². The minimum Gasteiger partial charge on any atom is -0.380 e. The number of rotatable bonds is 3. The zero-order valence-corrected chi connectivity index (χ0v) is 6.09. The molecule has 0 radical (unpaired) electrons. The minimum absolute atomic E-state index is 0.287. The molecular weight excluding hydrogens is 112 g/mol. The Balaban J connectivity index is 3.67. The normalized spacial score (nSPS) is 13.2. The van der Waals surface area contributed by atoms with Crippen molar-refractivity contribution in [2.75, 3.05) is 0 Å². The molecule has 9 heavy (non-hydrogen) atoms. The average molecular weight is 126 g/mol. The van der Waals surface area contributed by atoms with Crippen molar-refractivity contribution in [3.8, 4) is 12.3 Å². The van der Waals surface area contributed by atoms with E-state index in [0.29, 0.717) is 0 Å². The number of hydrogen-bond acceptors (Lipinski definition) is 1. The van der Waals surface area contributed by atoms with Gasteiger partial charge in [0.25, 0.3) is 0 Å². The van der Waals surface area contributed by atoms with Gasteiger partial charge in [-0.3, -0.25) is 0 Å². The van der Waals surface area contributed by atoms with Crippen molar-refractivity contribution >= 4 is 0 Å². The van der Waals surface area contributed by atoms with Gasteiger partial charge >= 0.3 is 0 Å². The van der Waals surface area contributed by atoms with E-state index in [1.807, 2.05) is 13.8 Å². The van der Waals surface area contributed by atoms with Crippen LogP contribution in [0.5, 0.6) is 0 Å². The van der Waals surface area contributed by atoms with E-state index in [-0.39, 0.29) is 5.92 Å². The molecule has 1 atom stereocenters. The van der Waals surface area contributed by atoms with Crippen molar-refractivity contribution in [1.29, 1.82) is 0 Å². The van der Waals surface area contributed by atoms with Crippen LogP contribution in [0.4, 0.5) is 0 Å². The van der Waals surface area contributed by atoms with Crippen LogP contribution in [0.15, 0.2) is 0 Å². The van der Waals surface area contributed by atoms with Gasteiger partial charge in [-0.15, -0.1) is 6.42 Å². The van der Waals surface area contributed by atoms with Gasteiger partial charge in [-0.05, 0) is 18.8 Å². The molecule has 0 aromatic heterocycles. The summed E-state index contributed by atoms with van der Waals surface area (Å²) in [6.45, 7) is 4.07. The van der Waals surface area contributed by atoms with E-state index < -0.39 is 6.10 Å². The quantitative estimate of drug-likeness (QED) is 0.567. The summed E-state index contributed by atoms with van der Waals surface area (Å²) in [7, 11) is 0. The smallest absolute Gasteiger partial charge is 0.117 e. The van der Waals surface area contributed by atoms with E-state index in [9.17, 15) is 0 Å². The van der Waals surface area contributed by atoms with Gasteiger partial charge in [-0.25, -0.2) is 0 Å². The Morgan fingerprint density at radius 1 is 1.44 bits per heavy atom. The predicted octanol–water partition coefficient (Wildman–Crippen LogP) is 1.42. The SMILES string of the molecule is C#CC(O)C(CC)CC. The second kappa shape index (κ2) is 4.40. The molecule has 1 unspecified atom stereocenters. The lowest BCUT2D eigenvalue weighted by atomic mass is 9.97. The van der Waals surface area contributed by atoms with Crippen LogP contribution in [-0.2, 0) is 0 Å². The molecule has 1 nitrogen and oxygen atoms in total. The van der Waals surface area contributed by atoms with Crippen molar-refractivity contribution < 1.29 is 5.11 Å². The summed E-state index contributed by atoms with van der Waals surface area (Å²) in [5.74, 6) is 2.61. The van der Waals surface area contributed by atoms with Crippen molar-refractivity contribution in [3.05, 3.63) is 0 Å². The lowest BCUT2D eigenvalue weighted by Crippen LogP contribution is -2.16. The molecule has 0 saturated carbocycles. The third kappa shape index (κ3) is 2.53. The van der Waals surface area contributed by atoms with Crippen LogP contribution in [0.25, 0.3) is 0 Å². The zero-order valence-electron chi connectivity index (χ0n) is 6.09. The van der Waals surface area contributed by atoms with Gasteiger partial charge < -0.3 is 5.11 Å². The molecule has 0 aromatic carbocycles. The van der Waals surface area contributed by atoms with Crippen LogP contribution in [0, 0.1) is 18.3 Å². The molecule has 1 heteroatoms. The third-order valence-electron chi connectivity index (χ3n) is 1.67. The lowest BCUT2D eigenvalue weighted by molar-refractivity contribution is 0.155. The third-order valence-corrected chi connectivity index (χ3v) is 1.67. The number of aliphatic hydroxyl groups is 1. The van der Waals surface area contributed by atoms with E-state index in [0.717, 1.165) is 12.8 Å². The highest BCUT2D eigenvalue weighted by molar-refractivity contribution is 4.96. The van der Waals surface area contributed by atoms with E-state index in [2.05, 4.69) is 5.92 Å². The number of aliphatic hydroxyl groups excluding tert-OH is 1. The molecule has 52 valence electrons. The monoisotopic (exact) mass is 126 g/mol. The molecule has 1 N–H and O–H groups in total. The van der Waals surface area contributed by atoms with Gasteiger partial charge in [0.2, 0.25) is 0 Å². The first-order chi connectivity index (χ1) is 4.26. The largest absolute Gasteiger partial charge is 0.380 e. The maximum Gasteiger partial charge on any atom is 0.117 e. The topological polar surface area (TPSA) is 20.2 Å². The first kappa shape index (κ1) is 8.52. The Morgan fingerprint density at radius 2 is 1.89 bits per heavy atom. The van der Waals surface area contributed by atoms with E-state index in [4.69, 9.17) is 11.5 Å². The fourth-order valence-corrected chi connectivity index (χ4v) is 0.871. The summed E-state index contributed by atoms with van der Waals surface area (Å²) in [5, 5.41) is 9.08. The van der Waals surface area contributed by atoms with E-state index >= 15 is 0 Å². The second-order valence-corrected chi connectivity index (χ2v) is 2.19. The van der Waals surface area contributed by atoms with Crippen LogP contribution in [0.1, 0.15) is 26.7 Å². The fourth-order valence-electron chi connectivity index (χ4n) is 0.871. The van der Waals surface area contributed by atoms with Crippen LogP contribution in [-0.4, -0.2) is 11.2 Å². The predicted molar refractivity (Wildman–Crippen MR) is 38.9 cm³/mol. The van der Waals surface area contributed by atoms with Crippen molar-refractivity contribution in [1.82, 2.24) is 0 Å². The highest BCUT2D eigenvalue weighted by Gasteiger charge is 2.10. The fraction of sp³-hybridized carbons (Fsp3) is 0.750. The van der Waals surface area contributed by atoms with Gasteiger partial charge in [0.1, 0.15) is 6.10 Å². The molecule has 0 aliphatic carbocycles. The highest BCUT2D eigenvalue weighted by atomic mass is 16.3. The van der Waals surface area contributed by atoms with Crippen molar-refractivity contribution in [2.45, 2.75) is 32.8 Å². The maximum atomic E-state index is 9.08. The zero-order chi connectivity index (χ0) is 7.28. The molecule has 0 heterocycles. The van der Waals surface area contributed by atoms with Crippen molar-refractivity contribution in [2.24, 2.45) is 5.92 Å². The molecule has 0 aliphatic heterocycles. The molecule has 0 amide bonds.